The van der Waals surface area contributed by atoms with E-state index in [1.807, 2.05) is 36.6 Å². The van der Waals surface area contributed by atoms with Gasteiger partial charge in [-0.2, -0.15) is 0 Å². The highest BCUT2D eigenvalue weighted by molar-refractivity contribution is 5.75. The third-order valence-corrected chi connectivity index (χ3v) is 6.82. The maximum atomic E-state index is 12.8. The smallest absolute Gasteiger partial charge is 0.411 e. The average molecular weight is 480 g/mol. The van der Waals surface area contributed by atoms with Crippen LogP contribution < -0.4 is 5.43 Å². The fourth-order valence-electron chi connectivity index (χ4n) is 5.08. The molecule has 0 aromatic rings. The number of amides is 1. The monoisotopic (exact) mass is 479 g/mol. The number of carbonyl (C=O) groups excluding carboxylic acids is 3. The number of ether oxygens (including phenoxy) is 2. The zero-order valence-electron chi connectivity index (χ0n) is 21.2. The van der Waals surface area contributed by atoms with E-state index in [0.717, 1.165) is 77.9 Å². The maximum Gasteiger partial charge on any atom is 0.411 e. The van der Waals surface area contributed by atoms with Crippen molar-refractivity contribution in [3.05, 3.63) is 5.70 Å². The Morgan fingerprint density at radius 3 is 2.18 bits per heavy atom. The molecular weight excluding hydrogens is 438 g/mol. The molecule has 3 saturated heterocycles. The van der Waals surface area contributed by atoms with E-state index in [9.17, 15) is 14.4 Å². The van der Waals surface area contributed by atoms with Crippen molar-refractivity contribution < 1.29 is 23.9 Å². The summed E-state index contributed by atoms with van der Waals surface area (Å²) in [4.78, 5) is 42.3. The summed E-state index contributed by atoms with van der Waals surface area (Å²) >= 11 is 0. The number of piperazine rings is 1. The predicted octanol–water partition coefficient (Wildman–Crippen LogP) is 1.60. The molecule has 10 nitrogen and oxygen atoms in total. The van der Waals surface area contributed by atoms with Gasteiger partial charge in [-0.1, -0.05) is 0 Å². The molecule has 192 valence electrons. The Kier molecular flexibility index (Phi) is 9.36. The summed E-state index contributed by atoms with van der Waals surface area (Å²) in [5, 5.41) is 1.98. The van der Waals surface area contributed by atoms with E-state index in [1.54, 1.807) is 0 Å². The van der Waals surface area contributed by atoms with Gasteiger partial charge in [-0.05, 0) is 52.9 Å². The summed E-state index contributed by atoms with van der Waals surface area (Å²) in [6.07, 6.45) is 4.99. The number of likely N-dealkylation sites (tertiary alicyclic amines) is 1. The summed E-state index contributed by atoms with van der Waals surface area (Å²) in [7, 11) is 1.30. The van der Waals surface area contributed by atoms with Crippen molar-refractivity contribution in [2.24, 2.45) is 0 Å². The van der Waals surface area contributed by atoms with Crippen LogP contribution in [-0.2, 0) is 19.1 Å². The van der Waals surface area contributed by atoms with Crippen LogP contribution in [0.4, 0.5) is 4.79 Å². The van der Waals surface area contributed by atoms with Crippen molar-refractivity contribution >= 4 is 18.0 Å². The van der Waals surface area contributed by atoms with E-state index in [1.165, 1.54) is 7.11 Å². The standard InChI is InChI=1S/C24H41N5O5/c1-24(2,3)34-23(32)29-10-6-5-7-21(29)27-15-13-26(14-16-27)20-8-11-28(12-9-20)25-19(18-30)17-22(31)33-4/h20-21,25H,5-17H2,1-4H3. The maximum absolute atomic E-state index is 12.8. The third kappa shape index (κ3) is 7.43. The number of hydrogen-bond donors (Lipinski definition) is 1. The quantitative estimate of drug-likeness (QED) is 0.450. The summed E-state index contributed by atoms with van der Waals surface area (Å²) in [6, 6.07) is 0.498. The average Bonchev–Trinajstić information content (AvgIpc) is 2.83. The SMILES string of the molecule is COC(=O)CC(=C=O)NN1CCC(N2CCN(C3CCCCN3C(=O)OC(C)(C)C)CC2)CC1. The number of hydrazine groups is 1. The predicted molar refractivity (Wildman–Crippen MR) is 127 cm³/mol. The van der Waals surface area contributed by atoms with Crippen LogP contribution in [-0.4, -0.2) is 108 Å². The van der Waals surface area contributed by atoms with Gasteiger partial charge in [0.05, 0.1) is 19.7 Å². The highest BCUT2D eigenvalue weighted by Gasteiger charge is 2.36. The first-order chi connectivity index (χ1) is 16.2. The molecular formula is C24H41N5O5. The van der Waals surface area contributed by atoms with Crippen LogP contribution in [0, 0.1) is 0 Å². The molecule has 3 heterocycles. The van der Waals surface area contributed by atoms with Gasteiger partial charge in [0, 0.05) is 51.9 Å². The molecule has 3 aliphatic rings. The van der Waals surface area contributed by atoms with Crippen molar-refractivity contribution in [1.29, 1.82) is 0 Å². The Hall–Kier alpha value is -2.13. The van der Waals surface area contributed by atoms with Crippen LogP contribution in [0.1, 0.15) is 59.3 Å². The summed E-state index contributed by atoms with van der Waals surface area (Å²) < 4.78 is 10.3. The molecule has 1 atom stereocenters. The van der Waals surface area contributed by atoms with Gasteiger partial charge < -0.3 is 14.9 Å². The van der Waals surface area contributed by atoms with Crippen molar-refractivity contribution in [3.8, 4) is 0 Å². The molecule has 3 aliphatic heterocycles. The zero-order chi connectivity index (χ0) is 24.7. The highest BCUT2D eigenvalue weighted by Crippen LogP contribution is 2.25. The molecule has 0 saturated carbocycles. The number of rotatable bonds is 6. The normalized spacial score (nSPS) is 23.8. The number of piperidine rings is 2. The van der Waals surface area contributed by atoms with Gasteiger partial charge in [-0.3, -0.25) is 19.5 Å². The Labute approximate surface area is 203 Å². The lowest BCUT2D eigenvalue weighted by atomic mass is 10.0. The Balaban J connectivity index is 1.45. The molecule has 1 unspecified atom stereocenters. The number of nitrogens with one attached hydrogen (secondary N) is 1. The highest BCUT2D eigenvalue weighted by atomic mass is 16.6. The number of nitrogens with zero attached hydrogens (tertiary/aromatic N) is 4. The minimum atomic E-state index is -0.483. The van der Waals surface area contributed by atoms with Gasteiger partial charge in [0.15, 0.2) is 0 Å². The number of methoxy groups -OCH3 is 1. The molecule has 0 radical (unpaired) electrons. The van der Waals surface area contributed by atoms with Gasteiger partial charge >= 0.3 is 12.1 Å². The zero-order valence-corrected chi connectivity index (χ0v) is 21.2. The molecule has 0 bridgehead atoms. The number of hydrogen-bond acceptors (Lipinski definition) is 9. The second-order valence-electron chi connectivity index (χ2n) is 10.4. The molecule has 3 rings (SSSR count). The molecule has 0 aromatic heterocycles. The van der Waals surface area contributed by atoms with Crippen molar-refractivity contribution in [2.75, 3.05) is 52.9 Å². The molecule has 34 heavy (non-hydrogen) atoms. The minimum Gasteiger partial charge on any atom is -0.469 e. The first-order valence-corrected chi connectivity index (χ1v) is 12.5. The molecule has 3 fully saturated rings. The minimum absolute atomic E-state index is 0.0939. The topological polar surface area (TPSA) is 94.7 Å². The molecule has 1 N–H and O–H groups in total. The van der Waals surface area contributed by atoms with Crippen LogP contribution in [0.15, 0.2) is 5.70 Å². The summed E-state index contributed by atoms with van der Waals surface area (Å²) in [5.41, 5.74) is 2.75. The first-order valence-electron chi connectivity index (χ1n) is 12.5. The molecule has 10 heteroatoms. The van der Waals surface area contributed by atoms with Crippen molar-refractivity contribution in [1.82, 2.24) is 25.1 Å². The van der Waals surface area contributed by atoms with E-state index < -0.39 is 11.6 Å². The lowest BCUT2D eigenvalue weighted by Crippen LogP contribution is -2.61. The van der Waals surface area contributed by atoms with Crippen LogP contribution in [0.2, 0.25) is 0 Å². The van der Waals surface area contributed by atoms with Crippen molar-refractivity contribution in [3.63, 3.8) is 0 Å². The summed E-state index contributed by atoms with van der Waals surface area (Å²) in [6.45, 7) is 12.0. The van der Waals surface area contributed by atoms with Crippen LogP contribution >= 0.6 is 0 Å². The van der Waals surface area contributed by atoms with E-state index >= 15 is 0 Å². The molecule has 1 amide bonds. The Bertz CT molecular complexity index is 747. The first kappa shape index (κ1) is 26.5. The van der Waals surface area contributed by atoms with E-state index in [0.29, 0.717) is 6.04 Å². The second-order valence-corrected chi connectivity index (χ2v) is 10.4. The van der Waals surface area contributed by atoms with Crippen LogP contribution in [0.5, 0.6) is 0 Å². The molecule has 0 spiro atoms. The second kappa shape index (κ2) is 12.0. The van der Waals surface area contributed by atoms with E-state index in [-0.39, 0.29) is 24.4 Å². The Morgan fingerprint density at radius 2 is 1.59 bits per heavy atom. The molecule has 0 aromatic carbocycles. The number of esters is 1. The largest absolute Gasteiger partial charge is 0.469 e. The van der Waals surface area contributed by atoms with Crippen LogP contribution in [0.3, 0.4) is 0 Å². The lowest BCUT2D eigenvalue weighted by Gasteiger charge is -2.48. The third-order valence-electron chi connectivity index (χ3n) is 6.82. The van der Waals surface area contributed by atoms with Crippen molar-refractivity contribution in [2.45, 2.75) is 77.1 Å². The summed E-state index contributed by atoms with van der Waals surface area (Å²) in [5.74, 6) is 1.35. The molecule has 0 aliphatic carbocycles. The van der Waals surface area contributed by atoms with Gasteiger partial charge in [-0.15, -0.1) is 0 Å². The number of carbonyl (C=O) groups is 2. The van der Waals surface area contributed by atoms with Gasteiger partial charge in [0.1, 0.15) is 17.2 Å². The van der Waals surface area contributed by atoms with Gasteiger partial charge in [0.2, 0.25) is 0 Å². The van der Waals surface area contributed by atoms with Gasteiger partial charge in [-0.25, -0.2) is 14.6 Å². The van der Waals surface area contributed by atoms with Gasteiger partial charge in [0.25, 0.3) is 0 Å². The van der Waals surface area contributed by atoms with E-state index in [4.69, 9.17) is 4.74 Å². The fourth-order valence-corrected chi connectivity index (χ4v) is 5.08. The fraction of sp³-hybridized carbons (Fsp3) is 0.833. The Morgan fingerprint density at radius 1 is 0.941 bits per heavy atom. The van der Waals surface area contributed by atoms with Crippen LogP contribution in [0.25, 0.3) is 0 Å². The lowest BCUT2D eigenvalue weighted by molar-refractivity contribution is -0.140. The van der Waals surface area contributed by atoms with E-state index in [2.05, 4.69) is 20.0 Å².